The summed E-state index contributed by atoms with van der Waals surface area (Å²) in [5, 5.41) is 23.2. The first-order chi connectivity index (χ1) is 13.8. The third kappa shape index (κ3) is 4.59. The quantitative estimate of drug-likeness (QED) is 0.562. The van der Waals surface area contributed by atoms with Crippen LogP contribution in [0.3, 0.4) is 0 Å². The van der Waals surface area contributed by atoms with Gasteiger partial charge < -0.3 is 10.4 Å². The first-order valence-electron chi connectivity index (χ1n) is 8.45. The highest BCUT2D eigenvalue weighted by atomic mass is 35.5. The predicted octanol–water partition coefficient (Wildman–Crippen LogP) is 5.18. The molecule has 0 saturated heterocycles. The maximum atomic E-state index is 13.9. The number of aromatic carboxylic acids is 1. The van der Waals surface area contributed by atoms with E-state index in [4.69, 9.17) is 28.3 Å². The molecule has 1 amide bonds. The van der Waals surface area contributed by atoms with E-state index in [1.807, 2.05) is 0 Å². The molecule has 1 aliphatic carbocycles. The maximum absolute atomic E-state index is 13.9. The number of carboxylic acids is 1. The van der Waals surface area contributed by atoms with Gasteiger partial charge in [0.2, 0.25) is 0 Å². The molecule has 0 fully saturated rings. The first kappa shape index (κ1) is 20.9. The van der Waals surface area contributed by atoms with Gasteiger partial charge >= 0.3 is 5.97 Å². The number of carbonyl (C=O) groups is 2. The topological polar surface area (TPSA) is 89.9 Å². The van der Waals surface area contributed by atoms with Crippen molar-refractivity contribution in [3.63, 3.8) is 0 Å². The van der Waals surface area contributed by atoms with Gasteiger partial charge in [0, 0.05) is 12.1 Å². The van der Waals surface area contributed by atoms with Crippen LogP contribution in [-0.2, 0) is 0 Å². The second-order valence-electron chi connectivity index (χ2n) is 6.17. The van der Waals surface area contributed by atoms with E-state index in [2.05, 4.69) is 5.32 Å². The van der Waals surface area contributed by atoms with Crippen molar-refractivity contribution in [1.29, 1.82) is 0 Å². The molecule has 0 saturated carbocycles. The van der Waals surface area contributed by atoms with Crippen LogP contribution in [0, 0.1) is 0 Å². The Labute approximate surface area is 175 Å². The molecule has 0 bridgehead atoms. The largest absolute Gasteiger partial charge is 0.478 e. The van der Waals surface area contributed by atoms with E-state index in [1.165, 1.54) is 36.4 Å². The molecule has 0 radical (unpaired) electrons. The van der Waals surface area contributed by atoms with Crippen LogP contribution in [-0.4, -0.2) is 22.2 Å². The number of rotatable bonds is 5. The number of benzene rings is 2. The summed E-state index contributed by atoms with van der Waals surface area (Å²) < 4.78 is 13.9. The zero-order chi connectivity index (χ0) is 21.1. The predicted molar refractivity (Wildman–Crippen MR) is 107 cm³/mol. The average Bonchev–Trinajstić information content (AvgIpc) is 2.68. The zero-order valence-corrected chi connectivity index (χ0v) is 16.3. The summed E-state index contributed by atoms with van der Waals surface area (Å²) >= 11 is 12.1. The molecule has 1 aliphatic rings. The Balaban J connectivity index is 1.94. The summed E-state index contributed by atoms with van der Waals surface area (Å²) in [5.41, 5.74) is 0.556. The third-order valence-electron chi connectivity index (χ3n) is 4.26. The van der Waals surface area contributed by atoms with Gasteiger partial charge in [0.25, 0.3) is 5.91 Å². The number of hydroxylamine groups is 1. The van der Waals surface area contributed by atoms with Gasteiger partial charge in [0.15, 0.2) is 0 Å². The lowest BCUT2D eigenvalue weighted by molar-refractivity contribution is 0.0696. The summed E-state index contributed by atoms with van der Waals surface area (Å²) in [7, 11) is 0. The van der Waals surface area contributed by atoms with Crippen molar-refractivity contribution in [1.82, 2.24) is 5.32 Å². The van der Waals surface area contributed by atoms with E-state index < -0.39 is 17.7 Å². The Morgan fingerprint density at radius 3 is 2.24 bits per heavy atom. The van der Waals surface area contributed by atoms with Gasteiger partial charge in [0.1, 0.15) is 5.83 Å². The molecule has 6 nitrogen and oxygen atoms in total. The lowest BCUT2D eigenvalue weighted by atomic mass is 10.1. The molecule has 0 heterocycles. The Hall–Kier alpha value is -2.87. The number of amides is 1. The fraction of sp³-hybridized carbons (Fsp3) is 0.100. The zero-order valence-electron chi connectivity index (χ0n) is 14.8. The number of hydrogen-bond acceptors (Lipinski definition) is 4. The summed E-state index contributed by atoms with van der Waals surface area (Å²) in [6.45, 7) is 0. The Kier molecular flexibility index (Phi) is 6.22. The van der Waals surface area contributed by atoms with E-state index >= 15 is 0 Å². The number of halogens is 3. The van der Waals surface area contributed by atoms with Gasteiger partial charge in [-0.2, -0.15) is 0 Å². The standard InChI is InChI=1S/C20H15Cl2FN2O4/c21-14-2-1-3-15(22)18(14)19(26)24-16-9-6-12(23)10-17(16)25(29)13-7-4-11(5-8-13)20(27)28/h1-5,7-8,10,29H,6,9H2,(H,24,26)(H,27,28). The van der Waals surface area contributed by atoms with Gasteiger partial charge in [0.05, 0.1) is 32.6 Å². The molecule has 2 aromatic carbocycles. The van der Waals surface area contributed by atoms with E-state index in [0.29, 0.717) is 5.06 Å². The van der Waals surface area contributed by atoms with Crippen LogP contribution in [0.1, 0.15) is 33.6 Å². The molecule has 29 heavy (non-hydrogen) atoms. The summed E-state index contributed by atoms with van der Waals surface area (Å²) in [6, 6.07) is 9.95. The molecular weight excluding hydrogens is 422 g/mol. The maximum Gasteiger partial charge on any atom is 0.335 e. The summed E-state index contributed by atoms with van der Waals surface area (Å²) in [6.07, 6.45) is 1.26. The van der Waals surface area contributed by atoms with Crippen LogP contribution < -0.4 is 10.4 Å². The molecule has 0 atom stereocenters. The number of nitrogens with one attached hydrogen (secondary N) is 1. The smallest absolute Gasteiger partial charge is 0.335 e. The molecule has 9 heteroatoms. The van der Waals surface area contributed by atoms with Gasteiger partial charge in [-0.1, -0.05) is 29.3 Å². The first-order valence-corrected chi connectivity index (χ1v) is 9.20. The molecule has 0 aromatic heterocycles. The van der Waals surface area contributed by atoms with Gasteiger partial charge in [-0.05, 0) is 48.9 Å². The second-order valence-corrected chi connectivity index (χ2v) is 6.98. The van der Waals surface area contributed by atoms with Gasteiger partial charge in [-0.15, -0.1) is 0 Å². The number of carbonyl (C=O) groups excluding carboxylic acids is 1. The van der Waals surface area contributed by atoms with Crippen molar-refractivity contribution >= 4 is 40.8 Å². The average molecular weight is 437 g/mol. The molecule has 0 aliphatic heterocycles. The van der Waals surface area contributed by atoms with Crippen molar-refractivity contribution in [3.05, 3.63) is 86.9 Å². The van der Waals surface area contributed by atoms with Crippen molar-refractivity contribution in [3.8, 4) is 0 Å². The highest BCUT2D eigenvalue weighted by Crippen LogP contribution is 2.30. The van der Waals surface area contributed by atoms with Crippen molar-refractivity contribution in [2.45, 2.75) is 12.8 Å². The molecule has 0 unspecified atom stereocenters. The highest BCUT2D eigenvalue weighted by molar-refractivity contribution is 6.39. The fourth-order valence-corrected chi connectivity index (χ4v) is 3.36. The van der Waals surface area contributed by atoms with Gasteiger partial charge in [-0.25, -0.2) is 14.2 Å². The van der Waals surface area contributed by atoms with Crippen LogP contribution in [0.5, 0.6) is 0 Å². The normalized spacial score (nSPS) is 13.7. The van der Waals surface area contributed by atoms with E-state index in [-0.39, 0.29) is 51.1 Å². The molecule has 3 N–H and O–H groups in total. The van der Waals surface area contributed by atoms with E-state index in [9.17, 15) is 19.2 Å². The summed E-state index contributed by atoms with van der Waals surface area (Å²) in [5.74, 6) is -2.19. The Morgan fingerprint density at radius 1 is 1.03 bits per heavy atom. The molecule has 3 rings (SSSR count). The number of anilines is 1. The third-order valence-corrected chi connectivity index (χ3v) is 4.89. The number of nitrogens with zero attached hydrogens (tertiary/aromatic N) is 1. The number of carboxylic acid groups (broad SMARTS) is 1. The van der Waals surface area contributed by atoms with Crippen LogP contribution in [0.4, 0.5) is 10.1 Å². The molecule has 0 spiro atoms. The molecule has 150 valence electrons. The summed E-state index contributed by atoms with van der Waals surface area (Å²) in [4.78, 5) is 23.6. The lowest BCUT2D eigenvalue weighted by Crippen LogP contribution is -2.30. The minimum absolute atomic E-state index is 0.00773. The van der Waals surface area contributed by atoms with Crippen molar-refractivity contribution < 1.29 is 24.3 Å². The van der Waals surface area contributed by atoms with Gasteiger partial charge in [-0.3, -0.25) is 10.0 Å². The minimum atomic E-state index is -1.12. The van der Waals surface area contributed by atoms with E-state index in [1.54, 1.807) is 6.07 Å². The lowest BCUT2D eigenvalue weighted by Gasteiger charge is -2.25. The van der Waals surface area contributed by atoms with E-state index in [0.717, 1.165) is 6.08 Å². The monoisotopic (exact) mass is 436 g/mol. The Bertz CT molecular complexity index is 1020. The minimum Gasteiger partial charge on any atom is -0.478 e. The number of hydrogen-bond donors (Lipinski definition) is 3. The molecule has 2 aromatic rings. The van der Waals surface area contributed by atoms with Crippen LogP contribution in [0.2, 0.25) is 10.0 Å². The van der Waals surface area contributed by atoms with Crippen LogP contribution >= 0.6 is 23.2 Å². The Morgan fingerprint density at radius 2 is 1.66 bits per heavy atom. The van der Waals surface area contributed by atoms with Crippen LogP contribution in [0.15, 0.2) is 65.8 Å². The highest BCUT2D eigenvalue weighted by Gasteiger charge is 2.23. The fourth-order valence-electron chi connectivity index (χ4n) is 2.79. The molecular formula is C20H15Cl2FN2O4. The van der Waals surface area contributed by atoms with Crippen molar-refractivity contribution in [2.24, 2.45) is 0 Å². The van der Waals surface area contributed by atoms with Crippen LogP contribution in [0.25, 0.3) is 0 Å². The SMILES string of the molecule is O=C(O)c1ccc(N(O)C2=C(NC(=O)c3c(Cl)cccc3Cl)CCC(F)=C2)cc1. The van der Waals surface area contributed by atoms with Crippen molar-refractivity contribution in [2.75, 3.05) is 5.06 Å². The number of allylic oxidation sites excluding steroid dienone is 3. The second kappa shape index (κ2) is 8.65.